The Labute approximate surface area is 163 Å². The number of thiophene rings is 2. The molecule has 4 heteroatoms. The monoisotopic (exact) mass is 383 g/mol. The van der Waals surface area contributed by atoms with Crippen molar-refractivity contribution in [3.05, 3.63) is 74.1 Å². The highest BCUT2D eigenvalue weighted by Gasteiger charge is 2.25. The Balaban J connectivity index is 1.46. The lowest BCUT2D eigenvalue weighted by atomic mass is 9.86. The average molecular weight is 384 g/mol. The Morgan fingerprint density at radius 1 is 0.923 bits per heavy atom. The first-order chi connectivity index (χ1) is 12.8. The highest BCUT2D eigenvalue weighted by atomic mass is 32.1. The van der Waals surface area contributed by atoms with Crippen molar-refractivity contribution in [1.29, 1.82) is 0 Å². The molecule has 1 aliphatic rings. The fourth-order valence-electron chi connectivity index (χ4n) is 3.97. The van der Waals surface area contributed by atoms with Crippen LogP contribution in [0.25, 0.3) is 0 Å². The largest absolute Gasteiger partial charge is 0.508 e. The van der Waals surface area contributed by atoms with Gasteiger partial charge in [0, 0.05) is 28.9 Å². The fourth-order valence-corrected chi connectivity index (χ4v) is 5.37. The van der Waals surface area contributed by atoms with Crippen molar-refractivity contribution in [2.75, 3.05) is 13.1 Å². The predicted molar refractivity (Wildman–Crippen MR) is 112 cm³/mol. The zero-order valence-corrected chi connectivity index (χ0v) is 16.6. The minimum atomic E-state index is 0.477. The number of phenols is 1. The van der Waals surface area contributed by atoms with Crippen LogP contribution in [0.1, 0.15) is 27.3 Å². The Hall–Kier alpha value is -1.62. The van der Waals surface area contributed by atoms with Gasteiger partial charge in [0.1, 0.15) is 5.75 Å². The lowest BCUT2D eigenvalue weighted by Crippen LogP contribution is -2.41. The van der Waals surface area contributed by atoms with E-state index >= 15 is 0 Å². The average Bonchev–Trinajstić information content (AvgIpc) is 3.36. The summed E-state index contributed by atoms with van der Waals surface area (Å²) in [6.45, 7) is 2.23. The molecule has 0 radical (unpaired) electrons. The minimum Gasteiger partial charge on any atom is -0.508 e. The van der Waals surface area contributed by atoms with Crippen molar-refractivity contribution in [1.82, 2.24) is 4.90 Å². The third-order valence-electron chi connectivity index (χ3n) is 5.40. The van der Waals surface area contributed by atoms with Gasteiger partial charge in [-0.1, -0.05) is 24.3 Å². The van der Waals surface area contributed by atoms with Crippen LogP contribution in [-0.2, 0) is 25.7 Å². The molecular weight excluding hydrogens is 358 g/mol. The van der Waals surface area contributed by atoms with E-state index in [1.54, 1.807) is 0 Å². The molecule has 0 aliphatic heterocycles. The van der Waals surface area contributed by atoms with E-state index in [2.05, 4.69) is 46.0 Å². The van der Waals surface area contributed by atoms with Crippen molar-refractivity contribution < 1.29 is 5.11 Å². The molecule has 26 heavy (non-hydrogen) atoms. The summed E-state index contributed by atoms with van der Waals surface area (Å²) in [6.07, 6.45) is 5.44. The van der Waals surface area contributed by atoms with E-state index in [1.165, 1.54) is 20.9 Å². The molecule has 0 spiro atoms. The molecule has 0 bridgehead atoms. The summed E-state index contributed by atoms with van der Waals surface area (Å²) in [5.41, 5.74) is 2.50. The lowest BCUT2D eigenvalue weighted by molar-refractivity contribution is 0.183. The number of fused-ring (bicyclic) bond motifs is 1. The van der Waals surface area contributed by atoms with Crippen LogP contribution in [0.3, 0.4) is 0 Å². The molecule has 0 saturated carbocycles. The first-order valence-corrected chi connectivity index (χ1v) is 11.1. The molecule has 2 nitrogen and oxygen atoms in total. The maximum atomic E-state index is 10.1. The standard InChI is InChI=1S/C22H25NOS2/c24-22-7-1-4-17-16-18(8-9-21(17)22)23(12-10-19-5-2-14-25-19)13-11-20-6-3-15-26-20/h1-7,14-15,18,24H,8-13,16H2/t18-/m0/s1. The number of phenolic OH excluding ortho intramolecular Hbond substituents is 1. The summed E-state index contributed by atoms with van der Waals surface area (Å²) in [4.78, 5) is 5.63. The van der Waals surface area contributed by atoms with Crippen LogP contribution in [0.2, 0.25) is 0 Å². The molecule has 1 atom stereocenters. The summed E-state index contributed by atoms with van der Waals surface area (Å²) in [5, 5.41) is 14.5. The van der Waals surface area contributed by atoms with Crippen molar-refractivity contribution in [2.24, 2.45) is 0 Å². The number of hydrogen-bond donors (Lipinski definition) is 1. The van der Waals surface area contributed by atoms with E-state index in [-0.39, 0.29) is 0 Å². The molecule has 0 fully saturated rings. The van der Waals surface area contributed by atoms with Crippen LogP contribution in [-0.4, -0.2) is 29.1 Å². The van der Waals surface area contributed by atoms with Gasteiger partial charge in [-0.15, -0.1) is 22.7 Å². The number of aromatic hydroxyl groups is 1. The normalized spacial score (nSPS) is 16.7. The first-order valence-electron chi connectivity index (χ1n) is 9.38. The second-order valence-corrected chi connectivity index (χ2v) is 9.07. The van der Waals surface area contributed by atoms with Gasteiger partial charge in [0.2, 0.25) is 0 Å². The number of rotatable bonds is 7. The molecule has 0 saturated heterocycles. The minimum absolute atomic E-state index is 0.477. The molecule has 136 valence electrons. The van der Waals surface area contributed by atoms with E-state index in [1.807, 2.05) is 34.8 Å². The SMILES string of the molecule is Oc1cccc2c1CC[C@H](N(CCc1cccs1)CCc1cccs1)C2. The molecule has 0 unspecified atom stereocenters. The number of hydrogen-bond acceptors (Lipinski definition) is 4. The molecule has 0 amide bonds. The van der Waals surface area contributed by atoms with Gasteiger partial charge in [-0.05, 0) is 72.2 Å². The van der Waals surface area contributed by atoms with Gasteiger partial charge in [0.25, 0.3) is 0 Å². The topological polar surface area (TPSA) is 23.5 Å². The van der Waals surface area contributed by atoms with Gasteiger partial charge in [0.05, 0.1) is 0 Å². The second kappa shape index (κ2) is 8.38. The smallest absolute Gasteiger partial charge is 0.119 e. The highest BCUT2D eigenvalue weighted by molar-refractivity contribution is 7.10. The first kappa shape index (κ1) is 17.8. The predicted octanol–water partition coefficient (Wildman–Crippen LogP) is 5.16. The number of benzene rings is 1. The Morgan fingerprint density at radius 2 is 1.62 bits per heavy atom. The van der Waals surface area contributed by atoms with Gasteiger partial charge in [0.15, 0.2) is 0 Å². The van der Waals surface area contributed by atoms with Crippen LogP contribution in [0.15, 0.2) is 53.2 Å². The molecule has 1 N–H and O–H groups in total. The van der Waals surface area contributed by atoms with Gasteiger partial charge in [-0.2, -0.15) is 0 Å². The Bertz CT molecular complexity index is 773. The molecular formula is C22H25NOS2. The van der Waals surface area contributed by atoms with Crippen molar-refractivity contribution >= 4 is 22.7 Å². The van der Waals surface area contributed by atoms with Crippen molar-refractivity contribution in [3.8, 4) is 5.75 Å². The molecule has 3 aromatic rings. The summed E-state index contributed by atoms with van der Waals surface area (Å²) >= 11 is 3.72. The van der Waals surface area contributed by atoms with E-state index < -0.39 is 0 Å². The second-order valence-electron chi connectivity index (χ2n) is 7.01. The third kappa shape index (κ3) is 4.20. The van der Waals surface area contributed by atoms with E-state index in [9.17, 15) is 5.11 Å². The molecule has 2 aromatic heterocycles. The fraction of sp³-hybridized carbons (Fsp3) is 0.364. The molecule has 1 aliphatic carbocycles. The zero-order chi connectivity index (χ0) is 17.8. The van der Waals surface area contributed by atoms with Crippen molar-refractivity contribution in [2.45, 2.75) is 38.1 Å². The van der Waals surface area contributed by atoms with Crippen molar-refractivity contribution in [3.63, 3.8) is 0 Å². The van der Waals surface area contributed by atoms with E-state index in [0.29, 0.717) is 11.8 Å². The highest BCUT2D eigenvalue weighted by Crippen LogP contribution is 2.31. The van der Waals surface area contributed by atoms with Gasteiger partial charge in [-0.3, -0.25) is 4.90 Å². The number of nitrogens with zero attached hydrogens (tertiary/aromatic N) is 1. The molecule has 4 rings (SSSR count). The molecule has 1 aromatic carbocycles. The van der Waals surface area contributed by atoms with Crippen LogP contribution in [0.5, 0.6) is 5.75 Å². The summed E-state index contributed by atoms with van der Waals surface area (Å²) in [5.74, 6) is 0.477. The van der Waals surface area contributed by atoms with Crippen LogP contribution in [0.4, 0.5) is 0 Å². The Morgan fingerprint density at radius 3 is 2.23 bits per heavy atom. The van der Waals surface area contributed by atoms with Crippen LogP contribution >= 0.6 is 22.7 Å². The summed E-state index contributed by atoms with van der Waals surface area (Å²) in [6, 6.07) is 15.4. The zero-order valence-electron chi connectivity index (χ0n) is 14.9. The lowest BCUT2D eigenvalue weighted by Gasteiger charge is -2.35. The van der Waals surface area contributed by atoms with E-state index in [4.69, 9.17) is 0 Å². The van der Waals surface area contributed by atoms with Gasteiger partial charge < -0.3 is 5.11 Å². The summed E-state index contributed by atoms with van der Waals surface area (Å²) < 4.78 is 0. The van der Waals surface area contributed by atoms with Crippen LogP contribution in [0, 0.1) is 0 Å². The van der Waals surface area contributed by atoms with Crippen LogP contribution < -0.4 is 0 Å². The van der Waals surface area contributed by atoms with Gasteiger partial charge in [-0.25, -0.2) is 0 Å². The molecule has 2 heterocycles. The maximum Gasteiger partial charge on any atom is 0.119 e. The van der Waals surface area contributed by atoms with E-state index in [0.717, 1.165) is 45.2 Å². The quantitative estimate of drug-likeness (QED) is 0.609. The third-order valence-corrected chi connectivity index (χ3v) is 7.27. The maximum absolute atomic E-state index is 10.1. The summed E-state index contributed by atoms with van der Waals surface area (Å²) in [7, 11) is 0. The van der Waals surface area contributed by atoms with Gasteiger partial charge >= 0.3 is 0 Å². The Kier molecular flexibility index (Phi) is 5.73.